The molecule has 0 saturated heterocycles. The maximum Gasteiger partial charge on any atom is 0.310 e. The minimum absolute atomic E-state index is 0.0134. The summed E-state index contributed by atoms with van der Waals surface area (Å²) in [7, 11) is -3.80. The van der Waals surface area contributed by atoms with Crippen LogP contribution < -0.4 is 5.30 Å². The molecule has 5 heteroatoms. The molecule has 4 nitrogen and oxygen atoms in total. The summed E-state index contributed by atoms with van der Waals surface area (Å²) in [6.07, 6.45) is 3.14. The minimum Gasteiger partial charge on any atom is -0.481 e. The zero-order valence-electron chi connectivity index (χ0n) is 16.6. The molecule has 0 aromatic heterocycles. The van der Waals surface area contributed by atoms with Gasteiger partial charge in [0.25, 0.3) is 0 Å². The van der Waals surface area contributed by atoms with E-state index in [-0.39, 0.29) is 11.5 Å². The summed E-state index contributed by atoms with van der Waals surface area (Å²) in [6.45, 7) is 2.07. The van der Waals surface area contributed by atoms with E-state index >= 15 is 0 Å². The van der Waals surface area contributed by atoms with E-state index in [1.54, 1.807) is 12.1 Å². The van der Waals surface area contributed by atoms with E-state index in [0.29, 0.717) is 12.0 Å². The quantitative estimate of drug-likeness (QED) is 0.351. The Balaban J connectivity index is 2.11. The van der Waals surface area contributed by atoms with Crippen molar-refractivity contribution in [1.29, 1.82) is 0 Å². The Kier molecular flexibility index (Phi) is 6.89. The van der Waals surface area contributed by atoms with Gasteiger partial charge in [-0.25, -0.2) is 0 Å². The monoisotopic (exact) mass is 410 g/mol. The predicted octanol–water partition coefficient (Wildman–Crippen LogP) is 5.68. The van der Waals surface area contributed by atoms with Gasteiger partial charge in [0.05, 0.1) is 12.1 Å². The normalized spacial score (nSPS) is 14.4. The van der Waals surface area contributed by atoms with Crippen molar-refractivity contribution in [3.8, 4) is 0 Å². The molecule has 0 aliphatic heterocycles. The van der Waals surface area contributed by atoms with Gasteiger partial charge in [-0.15, -0.1) is 0 Å². The molecule has 0 aliphatic rings. The maximum atomic E-state index is 13.5. The highest BCUT2D eigenvalue weighted by molar-refractivity contribution is 7.65. The Bertz CT molecular complexity index is 1030. The molecule has 0 saturated carbocycles. The Morgan fingerprint density at radius 2 is 1.59 bits per heavy atom. The van der Waals surface area contributed by atoms with E-state index < -0.39 is 19.3 Å². The smallest absolute Gasteiger partial charge is 0.310 e. The number of rotatable bonds is 9. The standard InChI is InChI=1S/C24H27O4P/c1-2-3-5-14-21(24(25)26)22-15-19-12-8-9-13-20(19)16-23(22)29(27,28)17-18-10-6-4-7-11-18/h4,6-13,15-16,21H,2-3,5,14,17H2,1H3,(H,25,26)(H,27,28). The molecule has 0 amide bonds. The lowest BCUT2D eigenvalue weighted by atomic mass is 9.91. The number of fused-ring (bicyclic) bond motifs is 1. The summed E-state index contributed by atoms with van der Waals surface area (Å²) >= 11 is 0. The van der Waals surface area contributed by atoms with Gasteiger partial charge in [0.1, 0.15) is 0 Å². The highest BCUT2D eigenvalue weighted by Crippen LogP contribution is 2.46. The third-order valence-corrected chi connectivity index (χ3v) is 7.21. The zero-order valence-corrected chi connectivity index (χ0v) is 17.5. The molecule has 29 heavy (non-hydrogen) atoms. The molecule has 2 unspecified atom stereocenters. The second-order valence-corrected chi connectivity index (χ2v) is 9.69. The van der Waals surface area contributed by atoms with Crippen molar-refractivity contribution < 1.29 is 19.4 Å². The summed E-state index contributed by atoms with van der Waals surface area (Å²) in [5.74, 6) is -1.74. The Morgan fingerprint density at radius 1 is 0.966 bits per heavy atom. The number of hydrogen-bond donors (Lipinski definition) is 2. The molecule has 2 atom stereocenters. The molecule has 3 aromatic carbocycles. The molecule has 152 valence electrons. The Morgan fingerprint density at radius 3 is 2.21 bits per heavy atom. The van der Waals surface area contributed by atoms with Crippen LogP contribution in [0.5, 0.6) is 0 Å². The van der Waals surface area contributed by atoms with Crippen LogP contribution in [0.15, 0.2) is 66.7 Å². The van der Waals surface area contributed by atoms with Crippen LogP contribution >= 0.6 is 7.37 Å². The average Bonchev–Trinajstić information content (AvgIpc) is 2.70. The molecule has 2 N–H and O–H groups in total. The summed E-state index contributed by atoms with van der Waals surface area (Å²) in [5.41, 5.74) is 1.23. The lowest BCUT2D eigenvalue weighted by Crippen LogP contribution is -2.21. The third-order valence-electron chi connectivity index (χ3n) is 5.28. The molecule has 3 aromatic rings. The van der Waals surface area contributed by atoms with Crippen LogP contribution in [-0.2, 0) is 15.5 Å². The number of aliphatic carboxylic acids is 1. The van der Waals surface area contributed by atoms with Gasteiger partial charge in [0.2, 0.25) is 7.37 Å². The van der Waals surface area contributed by atoms with Crippen LogP contribution in [0.3, 0.4) is 0 Å². The lowest BCUT2D eigenvalue weighted by molar-refractivity contribution is -0.139. The fraction of sp³-hybridized carbons (Fsp3) is 0.292. The van der Waals surface area contributed by atoms with E-state index in [1.165, 1.54) is 0 Å². The number of hydrogen-bond acceptors (Lipinski definition) is 2. The Hall–Kier alpha value is -2.42. The molecule has 0 heterocycles. The topological polar surface area (TPSA) is 74.6 Å². The minimum atomic E-state index is -3.80. The number of unbranched alkanes of at least 4 members (excludes halogenated alkanes) is 2. The summed E-state index contributed by atoms with van der Waals surface area (Å²) in [6, 6.07) is 20.2. The van der Waals surface area contributed by atoms with Gasteiger partial charge in [-0.05, 0) is 40.5 Å². The van der Waals surface area contributed by atoms with E-state index in [0.717, 1.165) is 35.6 Å². The fourth-order valence-corrected chi connectivity index (χ4v) is 5.59. The molecule has 0 radical (unpaired) electrons. The number of benzene rings is 3. The predicted molar refractivity (Wildman–Crippen MR) is 118 cm³/mol. The second-order valence-electron chi connectivity index (χ2n) is 7.49. The maximum absolute atomic E-state index is 13.5. The SMILES string of the molecule is CCCCCC(C(=O)O)c1cc2ccccc2cc1P(=O)(O)Cc1ccccc1. The van der Waals surface area contributed by atoms with Crippen LogP contribution in [0.25, 0.3) is 10.8 Å². The zero-order chi connectivity index (χ0) is 20.9. The number of carboxylic acids is 1. The van der Waals surface area contributed by atoms with Crippen LogP contribution in [-0.4, -0.2) is 16.0 Å². The summed E-state index contributed by atoms with van der Waals surface area (Å²) in [4.78, 5) is 23.1. The fourth-order valence-electron chi connectivity index (χ4n) is 3.75. The van der Waals surface area contributed by atoms with Gasteiger partial charge in [0, 0.05) is 5.30 Å². The van der Waals surface area contributed by atoms with Gasteiger partial charge in [0.15, 0.2) is 0 Å². The second kappa shape index (κ2) is 9.39. The van der Waals surface area contributed by atoms with Crippen molar-refractivity contribution in [2.45, 2.75) is 44.7 Å². The lowest BCUT2D eigenvalue weighted by Gasteiger charge is -2.22. The van der Waals surface area contributed by atoms with Gasteiger partial charge >= 0.3 is 5.97 Å². The first kappa shape index (κ1) is 21.3. The van der Waals surface area contributed by atoms with Crippen LogP contribution in [0.1, 0.15) is 49.7 Å². The van der Waals surface area contributed by atoms with Gasteiger partial charge in [-0.3, -0.25) is 9.36 Å². The van der Waals surface area contributed by atoms with E-state index in [2.05, 4.69) is 6.92 Å². The first-order valence-corrected chi connectivity index (χ1v) is 11.9. The van der Waals surface area contributed by atoms with Gasteiger partial charge in [-0.2, -0.15) is 0 Å². The largest absolute Gasteiger partial charge is 0.481 e. The summed E-state index contributed by atoms with van der Waals surface area (Å²) < 4.78 is 13.5. The first-order chi connectivity index (χ1) is 13.9. The highest BCUT2D eigenvalue weighted by Gasteiger charge is 2.31. The van der Waals surface area contributed by atoms with Crippen molar-refractivity contribution in [3.05, 3.63) is 77.9 Å². The first-order valence-electron chi connectivity index (χ1n) is 10.0. The molecular weight excluding hydrogens is 383 g/mol. The third kappa shape index (κ3) is 5.14. The van der Waals surface area contributed by atoms with Crippen molar-refractivity contribution in [1.82, 2.24) is 0 Å². The van der Waals surface area contributed by atoms with Crippen molar-refractivity contribution >= 4 is 29.4 Å². The molecule has 0 fully saturated rings. The Labute approximate surface area is 171 Å². The highest BCUT2D eigenvalue weighted by atomic mass is 31.2. The van der Waals surface area contributed by atoms with Crippen molar-refractivity contribution in [2.75, 3.05) is 0 Å². The molecule has 0 aliphatic carbocycles. The van der Waals surface area contributed by atoms with Gasteiger partial charge in [-0.1, -0.05) is 80.8 Å². The van der Waals surface area contributed by atoms with Crippen LogP contribution in [0, 0.1) is 0 Å². The van der Waals surface area contributed by atoms with E-state index in [1.807, 2.05) is 54.6 Å². The molecular formula is C24H27O4P. The van der Waals surface area contributed by atoms with E-state index in [9.17, 15) is 19.4 Å². The molecule has 0 bridgehead atoms. The van der Waals surface area contributed by atoms with Crippen LogP contribution in [0.2, 0.25) is 0 Å². The molecule has 3 rings (SSSR count). The molecule has 0 spiro atoms. The number of carboxylic acid groups (broad SMARTS) is 1. The summed E-state index contributed by atoms with van der Waals surface area (Å²) in [5, 5.41) is 11.9. The van der Waals surface area contributed by atoms with Crippen LogP contribution in [0.4, 0.5) is 0 Å². The average molecular weight is 410 g/mol. The van der Waals surface area contributed by atoms with E-state index in [4.69, 9.17) is 0 Å². The van der Waals surface area contributed by atoms with Crippen molar-refractivity contribution in [2.24, 2.45) is 0 Å². The van der Waals surface area contributed by atoms with Crippen molar-refractivity contribution in [3.63, 3.8) is 0 Å². The number of carbonyl (C=O) groups is 1. The van der Waals surface area contributed by atoms with Gasteiger partial charge < -0.3 is 10.00 Å².